The van der Waals surface area contributed by atoms with E-state index in [2.05, 4.69) is 24.8 Å². The van der Waals surface area contributed by atoms with Gasteiger partial charge in [0, 0.05) is 11.6 Å². The lowest BCUT2D eigenvalue weighted by atomic mass is 9.99. The Balaban J connectivity index is 2.57. The van der Waals surface area contributed by atoms with E-state index in [4.69, 9.17) is 17.3 Å². The molecule has 1 atom stereocenters. The van der Waals surface area contributed by atoms with Crippen molar-refractivity contribution in [2.24, 2.45) is 11.7 Å². The monoisotopic (exact) mass is 254 g/mol. The fourth-order valence-electron chi connectivity index (χ4n) is 2.07. The SMILES string of the molecule is CCN(CC)CC(CN)Cc1cccc(Cl)c1. The van der Waals surface area contributed by atoms with Crippen LogP contribution in [0.5, 0.6) is 0 Å². The lowest BCUT2D eigenvalue weighted by Crippen LogP contribution is -2.33. The number of nitrogens with zero attached hydrogens (tertiary/aromatic N) is 1. The second-order valence-corrected chi connectivity index (χ2v) is 4.86. The van der Waals surface area contributed by atoms with Gasteiger partial charge in [-0.2, -0.15) is 0 Å². The Bertz CT molecular complexity index is 324. The zero-order valence-electron chi connectivity index (χ0n) is 10.8. The summed E-state index contributed by atoms with van der Waals surface area (Å²) in [5, 5.41) is 0.807. The Kier molecular flexibility index (Phi) is 6.56. The largest absolute Gasteiger partial charge is 0.330 e. The van der Waals surface area contributed by atoms with Crippen LogP contribution in [0.4, 0.5) is 0 Å². The Morgan fingerprint density at radius 3 is 2.53 bits per heavy atom. The summed E-state index contributed by atoms with van der Waals surface area (Å²) in [5.74, 6) is 0.508. The van der Waals surface area contributed by atoms with Gasteiger partial charge in [0.1, 0.15) is 0 Å². The van der Waals surface area contributed by atoms with Crippen LogP contribution >= 0.6 is 11.6 Å². The van der Waals surface area contributed by atoms with Gasteiger partial charge in [0.25, 0.3) is 0 Å². The van der Waals surface area contributed by atoms with Crippen LogP contribution in [0.1, 0.15) is 19.4 Å². The van der Waals surface area contributed by atoms with E-state index in [1.807, 2.05) is 18.2 Å². The number of hydrogen-bond acceptors (Lipinski definition) is 2. The quantitative estimate of drug-likeness (QED) is 0.811. The maximum absolute atomic E-state index is 5.99. The number of benzene rings is 1. The van der Waals surface area contributed by atoms with Crippen molar-refractivity contribution in [2.75, 3.05) is 26.2 Å². The van der Waals surface area contributed by atoms with Gasteiger partial charge in [0.2, 0.25) is 0 Å². The standard InChI is InChI=1S/C14H23ClN2/c1-3-17(4-2)11-13(10-16)8-12-6-5-7-14(15)9-12/h5-7,9,13H,3-4,8,10-11,16H2,1-2H3. The summed E-state index contributed by atoms with van der Waals surface area (Å²) in [6.07, 6.45) is 1.01. The molecule has 0 aliphatic rings. The third-order valence-corrected chi connectivity index (χ3v) is 3.39. The van der Waals surface area contributed by atoms with Crippen LogP contribution in [0.2, 0.25) is 5.02 Å². The molecule has 3 heteroatoms. The second-order valence-electron chi connectivity index (χ2n) is 4.42. The number of nitrogens with two attached hydrogens (primary N) is 1. The molecule has 1 rings (SSSR count). The van der Waals surface area contributed by atoms with Crippen LogP contribution < -0.4 is 5.73 Å². The van der Waals surface area contributed by atoms with Crippen molar-refractivity contribution >= 4 is 11.6 Å². The van der Waals surface area contributed by atoms with Crippen LogP contribution in [0.3, 0.4) is 0 Å². The molecule has 96 valence electrons. The number of halogens is 1. The third kappa shape index (κ3) is 5.07. The van der Waals surface area contributed by atoms with Gasteiger partial charge in [0.05, 0.1) is 0 Å². The average molecular weight is 255 g/mol. The van der Waals surface area contributed by atoms with E-state index >= 15 is 0 Å². The molecule has 0 amide bonds. The van der Waals surface area contributed by atoms with Crippen LogP contribution in [-0.2, 0) is 6.42 Å². The third-order valence-electron chi connectivity index (χ3n) is 3.16. The zero-order valence-corrected chi connectivity index (χ0v) is 11.6. The minimum Gasteiger partial charge on any atom is -0.330 e. The normalized spacial score (nSPS) is 13.0. The smallest absolute Gasteiger partial charge is 0.0408 e. The highest BCUT2D eigenvalue weighted by Crippen LogP contribution is 2.15. The zero-order chi connectivity index (χ0) is 12.7. The highest BCUT2D eigenvalue weighted by atomic mass is 35.5. The molecule has 1 unspecified atom stereocenters. The summed E-state index contributed by atoms with van der Waals surface area (Å²) in [5.41, 5.74) is 7.13. The van der Waals surface area contributed by atoms with E-state index in [0.717, 1.165) is 37.6 Å². The van der Waals surface area contributed by atoms with Gasteiger partial charge in [-0.15, -0.1) is 0 Å². The molecule has 1 aromatic carbocycles. The fraction of sp³-hybridized carbons (Fsp3) is 0.571. The number of hydrogen-bond donors (Lipinski definition) is 1. The molecule has 1 aromatic rings. The molecular weight excluding hydrogens is 232 g/mol. The second kappa shape index (κ2) is 7.70. The maximum atomic E-state index is 5.99. The van der Waals surface area contributed by atoms with Crippen molar-refractivity contribution in [3.05, 3.63) is 34.9 Å². The van der Waals surface area contributed by atoms with Crippen molar-refractivity contribution in [3.8, 4) is 0 Å². The van der Waals surface area contributed by atoms with Gasteiger partial charge in [0.15, 0.2) is 0 Å². The Morgan fingerprint density at radius 1 is 1.29 bits per heavy atom. The first-order valence-corrected chi connectivity index (χ1v) is 6.74. The summed E-state index contributed by atoms with van der Waals surface area (Å²) >= 11 is 5.99. The van der Waals surface area contributed by atoms with Gasteiger partial charge < -0.3 is 10.6 Å². The summed E-state index contributed by atoms with van der Waals surface area (Å²) in [4.78, 5) is 2.42. The van der Waals surface area contributed by atoms with Gasteiger partial charge >= 0.3 is 0 Å². The molecule has 0 aromatic heterocycles. The Morgan fingerprint density at radius 2 is 2.00 bits per heavy atom. The molecule has 0 bridgehead atoms. The number of rotatable bonds is 7. The highest BCUT2D eigenvalue weighted by molar-refractivity contribution is 6.30. The minimum absolute atomic E-state index is 0.508. The van der Waals surface area contributed by atoms with Gasteiger partial charge in [-0.25, -0.2) is 0 Å². The first-order valence-electron chi connectivity index (χ1n) is 6.36. The minimum atomic E-state index is 0.508. The summed E-state index contributed by atoms with van der Waals surface area (Å²) in [6.45, 7) is 8.34. The molecule has 0 saturated heterocycles. The van der Waals surface area contributed by atoms with E-state index in [0.29, 0.717) is 5.92 Å². The van der Waals surface area contributed by atoms with Crippen molar-refractivity contribution in [2.45, 2.75) is 20.3 Å². The summed E-state index contributed by atoms with van der Waals surface area (Å²) in [6, 6.07) is 8.07. The summed E-state index contributed by atoms with van der Waals surface area (Å²) in [7, 11) is 0. The molecule has 0 aliphatic carbocycles. The van der Waals surface area contributed by atoms with Crippen molar-refractivity contribution in [1.82, 2.24) is 4.90 Å². The van der Waals surface area contributed by atoms with Gasteiger partial charge in [-0.05, 0) is 49.7 Å². The highest BCUT2D eigenvalue weighted by Gasteiger charge is 2.11. The van der Waals surface area contributed by atoms with E-state index in [-0.39, 0.29) is 0 Å². The lowest BCUT2D eigenvalue weighted by Gasteiger charge is -2.24. The topological polar surface area (TPSA) is 29.3 Å². The average Bonchev–Trinajstić information content (AvgIpc) is 2.34. The molecule has 2 nitrogen and oxygen atoms in total. The molecule has 0 heterocycles. The fourth-order valence-corrected chi connectivity index (χ4v) is 2.28. The van der Waals surface area contributed by atoms with E-state index in [1.54, 1.807) is 0 Å². The van der Waals surface area contributed by atoms with E-state index < -0.39 is 0 Å². The first kappa shape index (κ1) is 14.5. The Labute approximate surface area is 110 Å². The van der Waals surface area contributed by atoms with Gasteiger partial charge in [-0.1, -0.05) is 37.6 Å². The predicted molar refractivity (Wildman–Crippen MR) is 75.5 cm³/mol. The van der Waals surface area contributed by atoms with Crippen LogP contribution in [-0.4, -0.2) is 31.1 Å². The maximum Gasteiger partial charge on any atom is 0.0408 e. The van der Waals surface area contributed by atoms with Crippen molar-refractivity contribution in [3.63, 3.8) is 0 Å². The Hall–Kier alpha value is -0.570. The molecule has 0 radical (unpaired) electrons. The van der Waals surface area contributed by atoms with Crippen molar-refractivity contribution in [1.29, 1.82) is 0 Å². The van der Waals surface area contributed by atoms with Crippen LogP contribution in [0.15, 0.2) is 24.3 Å². The van der Waals surface area contributed by atoms with E-state index in [1.165, 1.54) is 5.56 Å². The lowest BCUT2D eigenvalue weighted by molar-refractivity contribution is 0.254. The molecule has 0 saturated carbocycles. The van der Waals surface area contributed by atoms with Crippen molar-refractivity contribution < 1.29 is 0 Å². The molecule has 0 spiro atoms. The molecular formula is C14H23ClN2. The molecule has 17 heavy (non-hydrogen) atoms. The van der Waals surface area contributed by atoms with E-state index in [9.17, 15) is 0 Å². The molecule has 0 aliphatic heterocycles. The molecule has 2 N–H and O–H groups in total. The van der Waals surface area contributed by atoms with Crippen LogP contribution in [0.25, 0.3) is 0 Å². The summed E-state index contributed by atoms with van der Waals surface area (Å²) < 4.78 is 0. The van der Waals surface area contributed by atoms with Crippen LogP contribution in [0, 0.1) is 5.92 Å². The molecule has 0 fully saturated rings. The van der Waals surface area contributed by atoms with Gasteiger partial charge in [-0.3, -0.25) is 0 Å². The first-order chi connectivity index (χ1) is 8.19. The predicted octanol–water partition coefficient (Wildman–Crippen LogP) is 2.80.